The molecule has 2 aromatic heterocycles. The van der Waals surface area contributed by atoms with E-state index in [1.807, 2.05) is 18.2 Å². The van der Waals surface area contributed by atoms with Gasteiger partial charge in [-0.15, -0.1) is 0 Å². The molecule has 0 radical (unpaired) electrons. The molecule has 0 unspecified atom stereocenters. The number of pyridine rings is 1. The lowest BCUT2D eigenvalue weighted by atomic mass is 10.1. The van der Waals surface area contributed by atoms with Crippen LogP contribution < -0.4 is 11.5 Å². The molecule has 4 aromatic rings. The first kappa shape index (κ1) is 17.5. The Hall–Kier alpha value is -2.92. The van der Waals surface area contributed by atoms with Crippen molar-refractivity contribution in [3.05, 3.63) is 65.5 Å². The largest absolute Gasteiger partial charge is 0.382 e. The van der Waals surface area contributed by atoms with E-state index in [0.717, 1.165) is 59.1 Å². The lowest BCUT2D eigenvalue weighted by Crippen LogP contribution is -2.07. The van der Waals surface area contributed by atoms with E-state index in [1.165, 1.54) is 5.56 Å². The van der Waals surface area contributed by atoms with Crippen LogP contribution in [0.3, 0.4) is 0 Å². The smallest absolute Gasteiger partial charge is 0.152 e. The first-order chi connectivity index (χ1) is 13.2. The van der Waals surface area contributed by atoms with Crippen LogP contribution >= 0.6 is 0 Å². The molecule has 0 aliphatic heterocycles. The van der Waals surface area contributed by atoms with Gasteiger partial charge in [-0.25, -0.2) is 9.97 Å². The average molecular weight is 359 g/mol. The Morgan fingerprint density at radius 3 is 2.63 bits per heavy atom. The van der Waals surface area contributed by atoms with Gasteiger partial charge < -0.3 is 16.0 Å². The average Bonchev–Trinajstić information content (AvgIpc) is 3.06. The van der Waals surface area contributed by atoms with Crippen LogP contribution in [0, 0.1) is 0 Å². The summed E-state index contributed by atoms with van der Waals surface area (Å²) in [5.74, 6) is 1.56. The zero-order valence-electron chi connectivity index (χ0n) is 15.7. The number of unbranched alkanes of at least 4 members (excludes halogenated alkanes) is 1. The summed E-state index contributed by atoms with van der Waals surface area (Å²) in [6.07, 6.45) is 3.15. The molecular weight excluding hydrogens is 334 g/mol. The summed E-state index contributed by atoms with van der Waals surface area (Å²) >= 11 is 0. The Labute approximate surface area is 159 Å². The fraction of sp³-hybridized carbons (Fsp3) is 0.273. The van der Waals surface area contributed by atoms with E-state index < -0.39 is 0 Å². The SMILES string of the molecule is CCCCc1nc2c(N)nc3ccccc3c2n1Cc1cccc(CN)c1. The van der Waals surface area contributed by atoms with Crippen LogP contribution in [-0.4, -0.2) is 14.5 Å². The van der Waals surface area contributed by atoms with Crippen LogP contribution in [0.2, 0.25) is 0 Å². The second-order valence-corrected chi connectivity index (χ2v) is 6.95. The summed E-state index contributed by atoms with van der Waals surface area (Å²) in [4.78, 5) is 9.45. The minimum Gasteiger partial charge on any atom is -0.382 e. The third-order valence-electron chi connectivity index (χ3n) is 5.01. The summed E-state index contributed by atoms with van der Waals surface area (Å²) < 4.78 is 2.31. The first-order valence-electron chi connectivity index (χ1n) is 9.52. The van der Waals surface area contributed by atoms with Crippen molar-refractivity contribution in [1.82, 2.24) is 14.5 Å². The number of rotatable bonds is 6. The standard InChI is InChI=1S/C22H25N5/c1-2-3-11-19-26-20-21(17-9-4-5-10-18(17)25-22(20)24)27(19)14-16-8-6-7-15(12-16)13-23/h4-10,12H,2-3,11,13-14,23H2,1H3,(H2,24,25). The van der Waals surface area contributed by atoms with Gasteiger partial charge >= 0.3 is 0 Å². The number of nitrogens with two attached hydrogens (primary N) is 2. The number of nitrogen functional groups attached to an aromatic ring is 1. The second kappa shape index (κ2) is 7.37. The molecular formula is C22H25N5. The first-order valence-corrected chi connectivity index (χ1v) is 9.52. The molecule has 0 saturated heterocycles. The Kier molecular flexibility index (Phi) is 4.77. The number of aromatic nitrogens is 3. The van der Waals surface area contributed by atoms with Crippen molar-refractivity contribution in [3.63, 3.8) is 0 Å². The highest BCUT2D eigenvalue weighted by molar-refractivity contribution is 6.06. The van der Waals surface area contributed by atoms with Gasteiger partial charge in [0.1, 0.15) is 11.3 Å². The van der Waals surface area contributed by atoms with Gasteiger partial charge in [-0.2, -0.15) is 0 Å². The van der Waals surface area contributed by atoms with E-state index in [-0.39, 0.29) is 0 Å². The number of benzene rings is 2. The van der Waals surface area contributed by atoms with E-state index >= 15 is 0 Å². The van der Waals surface area contributed by atoms with Crippen molar-refractivity contribution in [2.45, 2.75) is 39.3 Å². The van der Waals surface area contributed by atoms with Crippen LogP contribution in [-0.2, 0) is 19.5 Å². The third-order valence-corrected chi connectivity index (χ3v) is 5.01. The van der Waals surface area contributed by atoms with Gasteiger partial charge in [-0.3, -0.25) is 0 Å². The third kappa shape index (κ3) is 3.26. The van der Waals surface area contributed by atoms with E-state index in [0.29, 0.717) is 12.4 Å². The van der Waals surface area contributed by atoms with Gasteiger partial charge in [0.15, 0.2) is 5.82 Å². The molecule has 2 heterocycles. The molecule has 4 N–H and O–H groups in total. The van der Waals surface area contributed by atoms with Crippen LogP contribution in [0.15, 0.2) is 48.5 Å². The lowest BCUT2D eigenvalue weighted by molar-refractivity contribution is 0.690. The minimum absolute atomic E-state index is 0.496. The topological polar surface area (TPSA) is 82.8 Å². The van der Waals surface area contributed by atoms with Gasteiger partial charge in [0.05, 0.1) is 11.0 Å². The summed E-state index contributed by atoms with van der Waals surface area (Å²) in [5, 5.41) is 1.09. The fourth-order valence-corrected chi connectivity index (χ4v) is 3.64. The molecule has 0 saturated carbocycles. The van der Waals surface area contributed by atoms with Gasteiger partial charge in [-0.05, 0) is 23.6 Å². The highest BCUT2D eigenvalue weighted by Gasteiger charge is 2.17. The summed E-state index contributed by atoms with van der Waals surface area (Å²) in [5.41, 5.74) is 17.2. The molecule has 27 heavy (non-hydrogen) atoms. The van der Waals surface area contributed by atoms with Gasteiger partial charge in [0.25, 0.3) is 0 Å². The molecule has 0 spiro atoms. The predicted octanol–water partition coefficient (Wildman–Crippen LogP) is 4.02. The summed E-state index contributed by atoms with van der Waals surface area (Å²) in [7, 11) is 0. The number of nitrogens with zero attached hydrogens (tertiary/aromatic N) is 3. The predicted molar refractivity (Wildman–Crippen MR) is 111 cm³/mol. The highest BCUT2D eigenvalue weighted by atomic mass is 15.1. The van der Waals surface area contributed by atoms with Crippen molar-refractivity contribution < 1.29 is 0 Å². The number of imidazole rings is 1. The van der Waals surface area contributed by atoms with Gasteiger partial charge in [0.2, 0.25) is 0 Å². The van der Waals surface area contributed by atoms with Crippen LogP contribution in [0.1, 0.15) is 36.7 Å². The summed E-state index contributed by atoms with van der Waals surface area (Å²) in [6, 6.07) is 16.6. The highest BCUT2D eigenvalue weighted by Crippen LogP contribution is 2.30. The van der Waals surface area contributed by atoms with Crippen molar-refractivity contribution in [2.24, 2.45) is 5.73 Å². The van der Waals surface area contributed by atoms with Crippen molar-refractivity contribution in [3.8, 4) is 0 Å². The minimum atomic E-state index is 0.496. The Morgan fingerprint density at radius 1 is 1.00 bits per heavy atom. The molecule has 2 aromatic carbocycles. The van der Waals surface area contributed by atoms with Crippen molar-refractivity contribution in [2.75, 3.05) is 5.73 Å². The molecule has 5 heteroatoms. The Morgan fingerprint density at radius 2 is 1.81 bits per heavy atom. The molecule has 4 rings (SSSR count). The second-order valence-electron chi connectivity index (χ2n) is 6.95. The molecule has 0 bridgehead atoms. The number of hydrogen-bond acceptors (Lipinski definition) is 4. The number of anilines is 1. The number of para-hydroxylation sites is 1. The van der Waals surface area contributed by atoms with E-state index in [4.69, 9.17) is 16.5 Å². The van der Waals surface area contributed by atoms with E-state index in [2.05, 4.69) is 46.8 Å². The van der Waals surface area contributed by atoms with E-state index in [9.17, 15) is 0 Å². The van der Waals surface area contributed by atoms with Gasteiger partial charge in [0, 0.05) is 24.9 Å². The molecule has 0 atom stereocenters. The zero-order chi connectivity index (χ0) is 18.8. The Balaban J connectivity index is 1.94. The number of hydrogen-bond donors (Lipinski definition) is 2. The van der Waals surface area contributed by atoms with Gasteiger partial charge in [-0.1, -0.05) is 55.8 Å². The van der Waals surface area contributed by atoms with Crippen LogP contribution in [0.25, 0.3) is 21.9 Å². The van der Waals surface area contributed by atoms with Crippen molar-refractivity contribution >= 4 is 27.8 Å². The number of aryl methyl sites for hydroxylation is 1. The van der Waals surface area contributed by atoms with Crippen molar-refractivity contribution in [1.29, 1.82) is 0 Å². The Bertz CT molecular complexity index is 1100. The normalized spacial score (nSPS) is 11.5. The monoisotopic (exact) mass is 359 g/mol. The molecule has 0 aliphatic carbocycles. The maximum atomic E-state index is 6.27. The molecule has 0 amide bonds. The number of fused-ring (bicyclic) bond motifs is 3. The molecule has 5 nitrogen and oxygen atoms in total. The molecule has 0 aliphatic rings. The lowest BCUT2D eigenvalue weighted by Gasteiger charge is -2.12. The fourth-order valence-electron chi connectivity index (χ4n) is 3.64. The maximum Gasteiger partial charge on any atom is 0.152 e. The quantitative estimate of drug-likeness (QED) is 0.545. The maximum absolute atomic E-state index is 6.27. The van der Waals surface area contributed by atoms with Crippen LogP contribution in [0.5, 0.6) is 0 Å². The summed E-state index contributed by atoms with van der Waals surface area (Å²) in [6.45, 7) is 3.49. The molecule has 138 valence electrons. The van der Waals surface area contributed by atoms with E-state index in [1.54, 1.807) is 0 Å². The van der Waals surface area contributed by atoms with Crippen LogP contribution in [0.4, 0.5) is 5.82 Å². The molecule has 0 fully saturated rings. The zero-order valence-corrected chi connectivity index (χ0v) is 15.7.